The van der Waals surface area contributed by atoms with E-state index in [9.17, 15) is 22.0 Å². The topological polar surface area (TPSA) is 9.23 Å². The number of alkyl halides is 5. The summed E-state index contributed by atoms with van der Waals surface area (Å²) in [6.07, 6.45) is -0.558. The lowest BCUT2D eigenvalue weighted by Gasteiger charge is -2.29. The molecule has 32 heavy (non-hydrogen) atoms. The first-order valence-corrected chi connectivity index (χ1v) is 11.0. The van der Waals surface area contributed by atoms with Crippen molar-refractivity contribution < 1.29 is 26.7 Å². The van der Waals surface area contributed by atoms with Crippen molar-refractivity contribution in [3.8, 4) is 0 Å². The van der Waals surface area contributed by atoms with Gasteiger partial charge in [0.2, 0.25) is 0 Å². The Kier molecular flexibility index (Phi) is 7.75. The molecule has 1 fully saturated rings. The van der Waals surface area contributed by atoms with Gasteiger partial charge in [-0.25, -0.2) is 0 Å². The zero-order chi connectivity index (χ0) is 23.4. The largest absolute Gasteiger partial charge is 0.416 e. The van der Waals surface area contributed by atoms with Crippen LogP contribution in [0.25, 0.3) is 0 Å². The Morgan fingerprint density at radius 3 is 2.00 bits per heavy atom. The highest BCUT2D eigenvalue weighted by Crippen LogP contribution is 2.40. The Morgan fingerprint density at radius 1 is 0.906 bits per heavy atom. The second kappa shape index (κ2) is 10.2. The van der Waals surface area contributed by atoms with Gasteiger partial charge in [0, 0.05) is 0 Å². The molecule has 0 saturated heterocycles. The molecule has 0 aromatic heterocycles. The van der Waals surface area contributed by atoms with Crippen LogP contribution in [0, 0.1) is 5.92 Å². The molecule has 0 radical (unpaired) electrons. The Morgan fingerprint density at radius 2 is 1.47 bits per heavy atom. The van der Waals surface area contributed by atoms with E-state index in [1.807, 2.05) is 6.08 Å². The minimum absolute atomic E-state index is 0.252. The molecule has 0 aliphatic heterocycles. The summed E-state index contributed by atoms with van der Waals surface area (Å²) in [5.41, 5.74) is 0.218. The van der Waals surface area contributed by atoms with E-state index in [1.54, 1.807) is 12.1 Å². The lowest BCUT2D eigenvalue weighted by Crippen LogP contribution is -2.21. The quantitative estimate of drug-likeness (QED) is 0.287. The van der Waals surface area contributed by atoms with E-state index in [1.165, 1.54) is 19.1 Å². The average Bonchev–Trinajstić information content (AvgIpc) is 2.77. The smallest absolute Gasteiger partial charge is 0.309 e. The van der Waals surface area contributed by atoms with Gasteiger partial charge in [-0.15, -0.1) is 6.58 Å². The lowest BCUT2D eigenvalue weighted by molar-refractivity contribution is -0.272. The van der Waals surface area contributed by atoms with Crippen molar-refractivity contribution in [2.75, 3.05) is 0 Å². The summed E-state index contributed by atoms with van der Waals surface area (Å²) in [7, 11) is 0. The zero-order valence-electron chi connectivity index (χ0n) is 18.2. The fourth-order valence-electron chi connectivity index (χ4n) is 4.39. The van der Waals surface area contributed by atoms with E-state index >= 15 is 0 Å². The molecule has 1 aliphatic rings. The van der Waals surface area contributed by atoms with E-state index in [-0.39, 0.29) is 11.1 Å². The van der Waals surface area contributed by atoms with Gasteiger partial charge in [0.1, 0.15) is 0 Å². The Hall–Kier alpha value is -2.21. The Labute approximate surface area is 186 Å². The minimum atomic E-state index is -4.47. The molecule has 174 valence electrons. The van der Waals surface area contributed by atoms with Crippen LogP contribution < -0.4 is 0 Å². The normalized spacial score (nSPS) is 20.7. The molecule has 1 aliphatic carbocycles. The third-order valence-electron chi connectivity index (χ3n) is 6.38. The van der Waals surface area contributed by atoms with Crippen molar-refractivity contribution in [3.05, 3.63) is 83.4 Å². The van der Waals surface area contributed by atoms with Gasteiger partial charge in [-0.2, -0.15) is 22.0 Å². The van der Waals surface area contributed by atoms with Crippen molar-refractivity contribution in [1.29, 1.82) is 0 Å². The first-order chi connectivity index (χ1) is 15.1. The van der Waals surface area contributed by atoms with Gasteiger partial charge in [0.05, 0.1) is 17.2 Å². The molecular formula is C26H29F5O. The fraction of sp³-hybridized carbons (Fsp3) is 0.462. The van der Waals surface area contributed by atoms with Crippen LogP contribution in [0.3, 0.4) is 0 Å². The summed E-state index contributed by atoms with van der Waals surface area (Å²) in [6.45, 7) is 5.17. The van der Waals surface area contributed by atoms with Gasteiger partial charge in [0.15, 0.2) is 0 Å². The van der Waals surface area contributed by atoms with Gasteiger partial charge >= 0.3 is 12.3 Å². The molecule has 1 atom stereocenters. The van der Waals surface area contributed by atoms with Crippen LogP contribution in [-0.4, -0.2) is 0 Å². The Balaban J connectivity index is 1.60. The van der Waals surface area contributed by atoms with Crippen molar-refractivity contribution >= 4 is 0 Å². The summed E-state index contributed by atoms with van der Waals surface area (Å²) in [5.74, 6) is 1.09. The molecule has 0 heterocycles. The average molecular weight is 453 g/mol. The maximum absolute atomic E-state index is 14.7. The number of hydrogen-bond acceptors (Lipinski definition) is 1. The van der Waals surface area contributed by atoms with Crippen molar-refractivity contribution in [3.63, 3.8) is 0 Å². The summed E-state index contributed by atoms with van der Waals surface area (Å²) >= 11 is 0. The molecule has 0 bridgehead atoms. The molecule has 2 aromatic carbocycles. The molecule has 6 heteroatoms. The molecule has 0 amide bonds. The van der Waals surface area contributed by atoms with Crippen LogP contribution in [0.1, 0.15) is 79.7 Å². The molecule has 3 rings (SSSR count). The molecule has 1 saturated carbocycles. The molecule has 1 unspecified atom stereocenters. The number of hydrogen-bond donors (Lipinski definition) is 0. The second-order valence-electron chi connectivity index (χ2n) is 8.60. The summed E-state index contributed by atoms with van der Waals surface area (Å²) < 4.78 is 72.4. The monoisotopic (exact) mass is 452 g/mol. The van der Waals surface area contributed by atoms with Gasteiger partial charge in [-0.3, -0.25) is 0 Å². The predicted octanol–water partition coefficient (Wildman–Crippen LogP) is 8.77. The maximum Gasteiger partial charge on any atom is 0.416 e. The standard InChI is InChI=1S/C26H29F5O/c1-3-4-5-19-6-8-21(9-7-19)22-12-16-24(17-13-22)26(30,31)32-18(2)20-10-14-23(15-11-20)25(27,28)29/h3,10-19,21H,1,4-9H2,2H3. The second-order valence-corrected chi connectivity index (χ2v) is 8.60. The summed E-state index contributed by atoms with van der Waals surface area (Å²) in [4.78, 5) is 0. The zero-order valence-corrected chi connectivity index (χ0v) is 18.2. The first-order valence-electron chi connectivity index (χ1n) is 11.0. The number of benzene rings is 2. The van der Waals surface area contributed by atoms with Gasteiger partial charge < -0.3 is 4.74 Å². The lowest BCUT2D eigenvalue weighted by atomic mass is 9.77. The van der Waals surface area contributed by atoms with Crippen molar-refractivity contribution in [2.45, 2.75) is 69.8 Å². The van der Waals surface area contributed by atoms with E-state index in [4.69, 9.17) is 4.74 Å². The van der Waals surface area contributed by atoms with E-state index in [0.29, 0.717) is 11.8 Å². The van der Waals surface area contributed by atoms with Crippen LogP contribution in [0.15, 0.2) is 61.2 Å². The molecule has 0 N–H and O–H groups in total. The molecular weight excluding hydrogens is 423 g/mol. The van der Waals surface area contributed by atoms with Crippen LogP contribution in [0.2, 0.25) is 0 Å². The van der Waals surface area contributed by atoms with Gasteiger partial charge in [0.25, 0.3) is 0 Å². The van der Waals surface area contributed by atoms with Gasteiger partial charge in [-0.05, 0) is 80.5 Å². The molecule has 0 spiro atoms. The maximum atomic E-state index is 14.7. The van der Waals surface area contributed by atoms with Crippen LogP contribution in [0.4, 0.5) is 22.0 Å². The van der Waals surface area contributed by atoms with Gasteiger partial charge in [-0.1, -0.05) is 42.5 Å². The third kappa shape index (κ3) is 6.18. The predicted molar refractivity (Wildman–Crippen MR) is 115 cm³/mol. The van der Waals surface area contributed by atoms with Crippen LogP contribution >= 0.6 is 0 Å². The van der Waals surface area contributed by atoms with Crippen molar-refractivity contribution in [1.82, 2.24) is 0 Å². The molecule has 2 aromatic rings. The Bertz CT molecular complexity index is 863. The minimum Gasteiger partial charge on any atom is -0.309 e. The van der Waals surface area contributed by atoms with Crippen LogP contribution in [-0.2, 0) is 17.0 Å². The van der Waals surface area contributed by atoms with E-state index < -0.39 is 24.0 Å². The highest BCUT2D eigenvalue weighted by Gasteiger charge is 2.36. The highest BCUT2D eigenvalue weighted by molar-refractivity contribution is 5.29. The SMILES string of the molecule is C=CCCC1CCC(c2ccc(C(F)(F)OC(C)c3ccc(C(F)(F)F)cc3)cc2)CC1. The highest BCUT2D eigenvalue weighted by atomic mass is 19.4. The summed E-state index contributed by atoms with van der Waals surface area (Å²) in [6, 6.07) is 10.3. The molecule has 1 nitrogen and oxygen atoms in total. The van der Waals surface area contributed by atoms with E-state index in [0.717, 1.165) is 68.4 Å². The number of rotatable bonds is 8. The number of allylic oxidation sites excluding steroid dienone is 1. The summed E-state index contributed by atoms with van der Waals surface area (Å²) in [5, 5.41) is 0. The van der Waals surface area contributed by atoms with Crippen molar-refractivity contribution in [2.24, 2.45) is 5.92 Å². The first kappa shape index (κ1) is 24.4. The fourth-order valence-corrected chi connectivity index (χ4v) is 4.39. The number of halogens is 5. The van der Waals surface area contributed by atoms with Crippen LogP contribution in [0.5, 0.6) is 0 Å². The van der Waals surface area contributed by atoms with E-state index in [2.05, 4.69) is 6.58 Å². The number of ether oxygens (including phenoxy) is 1. The third-order valence-corrected chi connectivity index (χ3v) is 6.38.